The van der Waals surface area contributed by atoms with E-state index in [4.69, 9.17) is 23.2 Å². The SMILES string of the molecule is O=C(NS(=O)(=O)CBr)C1CC1(Cl)Cl. The van der Waals surface area contributed by atoms with Gasteiger partial charge < -0.3 is 0 Å². The number of alkyl halides is 3. The molecule has 8 heteroatoms. The van der Waals surface area contributed by atoms with E-state index in [9.17, 15) is 13.2 Å². The fraction of sp³-hybridized carbons (Fsp3) is 0.800. The van der Waals surface area contributed by atoms with Crippen LogP contribution in [-0.2, 0) is 14.8 Å². The van der Waals surface area contributed by atoms with Crippen LogP contribution < -0.4 is 4.72 Å². The lowest BCUT2D eigenvalue weighted by molar-refractivity contribution is -0.120. The normalized spacial score (nSPS) is 25.3. The van der Waals surface area contributed by atoms with Crippen molar-refractivity contribution in [3.8, 4) is 0 Å². The van der Waals surface area contributed by atoms with Gasteiger partial charge in [-0.25, -0.2) is 8.42 Å². The first-order valence-corrected chi connectivity index (χ1v) is 6.79. The monoisotopic (exact) mass is 309 g/mol. The van der Waals surface area contributed by atoms with Crippen molar-refractivity contribution < 1.29 is 13.2 Å². The van der Waals surface area contributed by atoms with Crippen LogP contribution in [0.3, 0.4) is 0 Å². The number of hydrogen-bond acceptors (Lipinski definition) is 3. The Morgan fingerprint density at radius 2 is 2.08 bits per heavy atom. The van der Waals surface area contributed by atoms with Crippen LogP contribution in [0.1, 0.15) is 6.42 Å². The molecule has 0 aliphatic heterocycles. The van der Waals surface area contributed by atoms with Crippen molar-refractivity contribution in [2.45, 2.75) is 10.8 Å². The highest BCUT2D eigenvalue weighted by Crippen LogP contribution is 2.53. The molecule has 1 N–H and O–H groups in total. The summed E-state index contributed by atoms with van der Waals surface area (Å²) in [5.41, 5.74) is 0. The maximum Gasteiger partial charge on any atom is 0.244 e. The molecular weight excluding hydrogens is 305 g/mol. The summed E-state index contributed by atoms with van der Waals surface area (Å²) in [7, 11) is -3.57. The molecule has 1 aliphatic carbocycles. The zero-order valence-electron chi connectivity index (χ0n) is 6.26. The van der Waals surface area contributed by atoms with Crippen LogP contribution in [0, 0.1) is 5.92 Å². The third kappa shape index (κ3) is 2.97. The highest BCUT2D eigenvalue weighted by molar-refractivity contribution is 9.10. The second-order valence-electron chi connectivity index (χ2n) is 2.71. The summed E-state index contributed by atoms with van der Waals surface area (Å²) in [4.78, 5) is 11.1. The van der Waals surface area contributed by atoms with Gasteiger partial charge in [-0.2, -0.15) is 0 Å². The second-order valence-corrected chi connectivity index (χ2v) is 7.28. The van der Waals surface area contributed by atoms with Crippen molar-refractivity contribution in [3.63, 3.8) is 0 Å². The maximum atomic E-state index is 11.1. The Bertz CT molecular complexity index is 329. The molecule has 1 saturated carbocycles. The minimum Gasteiger partial charge on any atom is -0.274 e. The zero-order valence-corrected chi connectivity index (χ0v) is 10.2. The van der Waals surface area contributed by atoms with Crippen LogP contribution >= 0.6 is 39.1 Å². The smallest absolute Gasteiger partial charge is 0.244 e. The molecule has 4 nitrogen and oxygen atoms in total. The van der Waals surface area contributed by atoms with E-state index in [2.05, 4.69) is 15.9 Å². The average Bonchev–Trinajstić information content (AvgIpc) is 2.59. The molecule has 1 fully saturated rings. The van der Waals surface area contributed by atoms with Crippen molar-refractivity contribution in [2.75, 3.05) is 4.66 Å². The van der Waals surface area contributed by atoms with Crippen LogP contribution in [0.2, 0.25) is 0 Å². The van der Waals surface area contributed by atoms with Gasteiger partial charge in [0.05, 0.1) is 5.92 Å². The summed E-state index contributed by atoms with van der Waals surface area (Å²) >= 11 is 13.9. The van der Waals surface area contributed by atoms with Gasteiger partial charge in [-0.3, -0.25) is 9.52 Å². The van der Waals surface area contributed by atoms with Gasteiger partial charge in [0.15, 0.2) is 0 Å². The number of carbonyl (C=O) groups is 1. The minimum atomic E-state index is -3.57. The number of carbonyl (C=O) groups excluding carboxylic acids is 1. The van der Waals surface area contributed by atoms with Gasteiger partial charge in [-0.05, 0) is 6.42 Å². The van der Waals surface area contributed by atoms with Gasteiger partial charge in [0.2, 0.25) is 15.9 Å². The molecule has 1 aliphatic rings. The first-order chi connectivity index (χ1) is 5.78. The minimum absolute atomic E-state index is 0.291. The standard InChI is InChI=1S/C5H6BrCl2NO3S/c6-2-13(11,12)9-4(10)3-1-5(3,7)8/h3H,1-2H2,(H,9,10). The zero-order chi connectivity index (χ0) is 10.3. The summed E-state index contributed by atoms with van der Waals surface area (Å²) in [5.74, 6) is -1.27. The van der Waals surface area contributed by atoms with E-state index >= 15 is 0 Å². The van der Waals surface area contributed by atoms with Gasteiger partial charge in [-0.1, -0.05) is 15.9 Å². The Morgan fingerprint density at radius 3 is 2.38 bits per heavy atom. The van der Waals surface area contributed by atoms with Crippen molar-refractivity contribution in [2.24, 2.45) is 5.92 Å². The van der Waals surface area contributed by atoms with Gasteiger partial charge >= 0.3 is 0 Å². The Kier molecular flexibility index (Phi) is 3.17. The van der Waals surface area contributed by atoms with E-state index < -0.39 is 26.2 Å². The van der Waals surface area contributed by atoms with Gasteiger partial charge in [0.25, 0.3) is 0 Å². The first-order valence-electron chi connectivity index (χ1n) is 3.26. The highest BCUT2D eigenvalue weighted by atomic mass is 79.9. The number of sulfonamides is 1. The van der Waals surface area contributed by atoms with E-state index in [-0.39, 0.29) is 4.66 Å². The lowest BCUT2D eigenvalue weighted by Crippen LogP contribution is -2.33. The van der Waals surface area contributed by atoms with Crippen molar-refractivity contribution >= 4 is 55.1 Å². The van der Waals surface area contributed by atoms with Crippen LogP contribution in [0.25, 0.3) is 0 Å². The topological polar surface area (TPSA) is 63.2 Å². The van der Waals surface area contributed by atoms with E-state index in [1.165, 1.54) is 0 Å². The fourth-order valence-corrected chi connectivity index (χ4v) is 2.10. The van der Waals surface area contributed by atoms with Gasteiger partial charge in [0.1, 0.15) is 9.00 Å². The van der Waals surface area contributed by atoms with E-state index in [1.54, 1.807) is 0 Å². The molecule has 0 saturated heterocycles. The molecule has 1 amide bonds. The molecule has 1 unspecified atom stereocenters. The predicted molar refractivity (Wildman–Crippen MR) is 53.4 cm³/mol. The molecule has 76 valence electrons. The summed E-state index contributed by atoms with van der Waals surface area (Å²) in [6.07, 6.45) is 0.291. The Morgan fingerprint density at radius 1 is 1.62 bits per heavy atom. The molecule has 0 aromatic rings. The summed E-state index contributed by atoms with van der Waals surface area (Å²) in [5, 5.41) is 0. The molecule has 0 radical (unpaired) electrons. The lowest BCUT2D eigenvalue weighted by Gasteiger charge is -2.02. The van der Waals surface area contributed by atoms with E-state index in [0.717, 1.165) is 0 Å². The predicted octanol–water partition coefficient (Wildman–Crippen LogP) is 0.979. The molecule has 0 bridgehead atoms. The number of hydrogen-bond donors (Lipinski definition) is 1. The van der Waals surface area contributed by atoms with Crippen LogP contribution in [-0.4, -0.2) is 23.3 Å². The van der Waals surface area contributed by atoms with Crippen LogP contribution in [0.15, 0.2) is 0 Å². The fourth-order valence-electron chi connectivity index (χ4n) is 0.749. The maximum absolute atomic E-state index is 11.1. The number of rotatable bonds is 3. The van der Waals surface area contributed by atoms with Crippen molar-refractivity contribution in [1.82, 2.24) is 4.72 Å². The second kappa shape index (κ2) is 3.56. The highest BCUT2D eigenvalue weighted by Gasteiger charge is 2.56. The first kappa shape index (κ1) is 11.6. The van der Waals surface area contributed by atoms with Crippen LogP contribution in [0.4, 0.5) is 0 Å². The molecule has 1 atom stereocenters. The summed E-state index contributed by atoms with van der Waals surface area (Å²) < 4.78 is 22.2. The van der Waals surface area contributed by atoms with Crippen molar-refractivity contribution in [1.29, 1.82) is 0 Å². The number of amides is 1. The Hall–Kier alpha value is 0.480. The largest absolute Gasteiger partial charge is 0.274 e. The molecule has 13 heavy (non-hydrogen) atoms. The lowest BCUT2D eigenvalue weighted by atomic mass is 10.4. The molecule has 0 aromatic carbocycles. The third-order valence-electron chi connectivity index (χ3n) is 1.54. The summed E-state index contributed by atoms with van der Waals surface area (Å²) in [6, 6.07) is 0. The average molecular weight is 311 g/mol. The van der Waals surface area contributed by atoms with Gasteiger partial charge in [-0.15, -0.1) is 23.2 Å². The third-order valence-corrected chi connectivity index (χ3v) is 4.99. The Balaban J connectivity index is 2.54. The molecule has 1 rings (SSSR count). The molecule has 0 aromatic heterocycles. The Labute approximate surface area is 94.1 Å². The number of nitrogens with one attached hydrogen (secondary N) is 1. The number of halogens is 3. The van der Waals surface area contributed by atoms with Crippen molar-refractivity contribution in [3.05, 3.63) is 0 Å². The molecular formula is C5H6BrCl2NO3S. The van der Waals surface area contributed by atoms with E-state index in [1.807, 2.05) is 4.72 Å². The van der Waals surface area contributed by atoms with E-state index in [0.29, 0.717) is 6.42 Å². The molecule has 0 heterocycles. The molecule has 0 spiro atoms. The summed E-state index contributed by atoms with van der Waals surface area (Å²) in [6.45, 7) is 0. The van der Waals surface area contributed by atoms with Gasteiger partial charge in [0, 0.05) is 0 Å². The van der Waals surface area contributed by atoms with Crippen LogP contribution in [0.5, 0.6) is 0 Å². The quantitative estimate of drug-likeness (QED) is 0.790.